The van der Waals surface area contributed by atoms with Gasteiger partial charge in [0, 0.05) is 108 Å². The highest BCUT2D eigenvalue weighted by Crippen LogP contribution is 2.45. The number of aromatic nitrogens is 1. The first-order valence-corrected chi connectivity index (χ1v) is 31.6. The third-order valence-corrected chi connectivity index (χ3v) is 19.5. The number of nitrogens with zero attached hydrogens (tertiary/aromatic N) is 4. The number of likely N-dealkylation sites (tertiary alicyclic amines) is 1. The quantitative estimate of drug-likeness (QED) is 0.0299. The second kappa shape index (κ2) is 24.4. The van der Waals surface area contributed by atoms with Crippen molar-refractivity contribution in [3.8, 4) is 22.4 Å². The molecule has 1 atom stereocenters. The highest BCUT2D eigenvalue weighted by molar-refractivity contribution is 7.99. The summed E-state index contributed by atoms with van der Waals surface area (Å²) < 4.78 is 150. The SMILES string of the molecule is Cc1c(S(C)(=O)=O)c(-c2cc(F)cc(N3CCN(c4ccc(NS(=O)(=O)c5ccc(N[C@H](CCN6CCC(OC(=O)C(=O)O)CC6)CSc6ccccc6)c(S(=O)(=O)C(F)(F)F)c5)cc4)CC3)c2)c(-c2ccc(Cl)cc2)n1C(C)C. The Labute approximate surface area is 471 Å². The summed E-state index contributed by atoms with van der Waals surface area (Å²) in [7, 11) is -14.6. The number of benzene rings is 5. The smallest absolute Gasteiger partial charge is 0.473 e. The molecule has 5 aromatic carbocycles. The lowest BCUT2D eigenvalue weighted by molar-refractivity contribution is -0.168. The molecule has 0 bridgehead atoms. The monoisotopic (exact) mass is 1200 g/mol. The Kier molecular flexibility index (Phi) is 18.3. The molecule has 6 aromatic rings. The molecular weight excluding hydrogens is 1140 g/mol. The number of sulfone groups is 2. The summed E-state index contributed by atoms with van der Waals surface area (Å²) in [6.45, 7) is 8.58. The van der Waals surface area contributed by atoms with E-state index in [2.05, 4.69) is 10.0 Å². The lowest BCUT2D eigenvalue weighted by Gasteiger charge is -2.37. The molecule has 0 aliphatic carbocycles. The number of nitrogens with one attached hydrogen (secondary N) is 2. The van der Waals surface area contributed by atoms with Gasteiger partial charge in [-0.15, -0.1) is 11.8 Å². The number of halogens is 5. The molecule has 428 valence electrons. The van der Waals surface area contributed by atoms with Crippen molar-refractivity contribution >= 4 is 87.7 Å². The molecule has 0 saturated carbocycles. The van der Waals surface area contributed by atoms with Crippen molar-refractivity contribution in [3.05, 3.63) is 132 Å². The van der Waals surface area contributed by atoms with Crippen molar-refractivity contribution in [2.24, 2.45) is 0 Å². The van der Waals surface area contributed by atoms with Gasteiger partial charge in [0.1, 0.15) is 16.8 Å². The molecule has 3 N–H and O–H groups in total. The Morgan fingerprint density at radius 2 is 1.43 bits per heavy atom. The van der Waals surface area contributed by atoms with Crippen LogP contribution < -0.4 is 19.8 Å². The number of piperazine rings is 1. The standard InChI is InChI=1S/C55H59ClF4N6O10S4/c1-35(2)66-36(3)52(78(4,70)71)50(51(66)37-10-12-39(56)13-11-37)38-30-40(57)32-44(31-38)65-28-26-64(27-29-65)43-16-14-41(15-17-43)62-80(74,75)47-18-19-48(49(33-47)79(72,73)55(58,59)60)61-42(34-77-46-8-6-5-7-9-46)20-23-63-24-21-45(22-25-63)76-54(69)53(67)68/h5-19,30-33,35,42,45,61-62H,20-29,34H2,1-4H3,(H,67,68)/t42-/m1/s1. The van der Waals surface area contributed by atoms with Crippen molar-refractivity contribution in [1.82, 2.24) is 9.47 Å². The number of ether oxygens (including phenoxy) is 1. The summed E-state index contributed by atoms with van der Waals surface area (Å²) in [6.07, 6.45) is 1.53. The Bertz CT molecular complexity index is 3580. The number of anilines is 4. The molecule has 80 heavy (non-hydrogen) atoms. The van der Waals surface area contributed by atoms with Gasteiger partial charge >= 0.3 is 17.4 Å². The summed E-state index contributed by atoms with van der Waals surface area (Å²) >= 11 is 7.62. The molecule has 0 spiro atoms. The summed E-state index contributed by atoms with van der Waals surface area (Å²) in [5, 5.41) is 12.4. The van der Waals surface area contributed by atoms with Crippen LogP contribution in [0.5, 0.6) is 0 Å². The molecule has 2 saturated heterocycles. The van der Waals surface area contributed by atoms with E-state index >= 15 is 4.39 Å². The molecule has 8 rings (SSSR count). The summed E-state index contributed by atoms with van der Waals surface area (Å²) in [5.41, 5.74) is -2.39. The third-order valence-electron chi connectivity index (χ3n) is 13.9. The van der Waals surface area contributed by atoms with Crippen molar-refractivity contribution in [2.75, 3.05) is 77.7 Å². The maximum atomic E-state index is 15.8. The van der Waals surface area contributed by atoms with Gasteiger partial charge < -0.3 is 34.4 Å². The number of aliphatic carboxylic acids is 1. The predicted octanol–water partition coefficient (Wildman–Crippen LogP) is 10.4. The Balaban J connectivity index is 0.972. The van der Waals surface area contributed by atoms with E-state index in [-0.39, 0.29) is 22.4 Å². The van der Waals surface area contributed by atoms with Gasteiger partial charge in [-0.3, -0.25) is 4.72 Å². The zero-order chi connectivity index (χ0) is 57.9. The van der Waals surface area contributed by atoms with Crippen LogP contribution >= 0.6 is 23.4 Å². The molecule has 25 heteroatoms. The number of carbonyl (C=O) groups excluding carboxylic acids is 1. The fourth-order valence-electron chi connectivity index (χ4n) is 10.1. The normalized spacial score (nSPS) is 15.5. The molecule has 16 nitrogen and oxygen atoms in total. The van der Waals surface area contributed by atoms with Gasteiger partial charge in [0.15, 0.2) is 9.84 Å². The van der Waals surface area contributed by atoms with Gasteiger partial charge in [-0.25, -0.2) is 39.2 Å². The van der Waals surface area contributed by atoms with Crippen molar-refractivity contribution in [2.45, 2.75) is 83.3 Å². The number of hydrogen-bond donors (Lipinski definition) is 3. The number of carbonyl (C=O) groups is 2. The first-order valence-electron chi connectivity index (χ1n) is 25.4. The number of carboxylic acid groups (broad SMARTS) is 1. The number of hydrogen-bond acceptors (Lipinski definition) is 14. The average molecular weight is 1200 g/mol. The maximum absolute atomic E-state index is 15.8. The molecular formula is C55H59ClF4N6O10S4. The Hall–Kier alpha value is -6.31. The van der Waals surface area contributed by atoms with Crippen LogP contribution in [0.15, 0.2) is 135 Å². The molecule has 3 heterocycles. The lowest BCUT2D eigenvalue weighted by Crippen LogP contribution is -2.46. The zero-order valence-electron chi connectivity index (χ0n) is 43.9. The van der Waals surface area contributed by atoms with Crippen LogP contribution in [-0.2, 0) is 44.0 Å². The molecule has 2 aliphatic rings. The number of thioether (sulfide) groups is 1. The summed E-state index contributed by atoms with van der Waals surface area (Å²) in [5.74, 6) is -3.35. The molecule has 0 radical (unpaired) electrons. The van der Waals surface area contributed by atoms with Crippen LogP contribution in [0.4, 0.5) is 40.3 Å². The van der Waals surface area contributed by atoms with Gasteiger partial charge in [0.25, 0.3) is 19.9 Å². The number of alkyl halides is 3. The van der Waals surface area contributed by atoms with E-state index in [1.807, 2.05) is 63.4 Å². The predicted molar refractivity (Wildman–Crippen MR) is 302 cm³/mol. The van der Waals surface area contributed by atoms with Crippen LogP contribution in [0, 0.1) is 12.7 Å². The number of esters is 1. The van der Waals surface area contributed by atoms with Crippen molar-refractivity contribution in [3.63, 3.8) is 0 Å². The Morgan fingerprint density at radius 1 is 0.800 bits per heavy atom. The van der Waals surface area contributed by atoms with Crippen LogP contribution in [-0.4, -0.2) is 127 Å². The Morgan fingerprint density at radius 3 is 2.01 bits per heavy atom. The molecule has 0 unspecified atom stereocenters. The van der Waals surface area contributed by atoms with Gasteiger partial charge in [0.05, 0.1) is 21.2 Å². The minimum absolute atomic E-state index is 0.0390. The van der Waals surface area contributed by atoms with Crippen LogP contribution in [0.2, 0.25) is 5.02 Å². The summed E-state index contributed by atoms with van der Waals surface area (Å²) in [6, 6.07) is 28.6. The van der Waals surface area contributed by atoms with E-state index in [1.54, 1.807) is 49.4 Å². The highest BCUT2D eigenvalue weighted by Gasteiger charge is 2.48. The summed E-state index contributed by atoms with van der Waals surface area (Å²) in [4.78, 5) is 27.5. The fourth-order valence-corrected chi connectivity index (χ4v) is 14.5. The van der Waals surface area contributed by atoms with Crippen molar-refractivity contribution < 1.29 is 62.2 Å². The third kappa shape index (κ3) is 13.9. The topological polar surface area (TPSA) is 205 Å². The van der Waals surface area contributed by atoms with E-state index in [9.17, 15) is 48.0 Å². The molecule has 1 aromatic heterocycles. The highest BCUT2D eigenvalue weighted by atomic mass is 35.5. The van der Waals surface area contributed by atoms with E-state index in [0.717, 1.165) is 23.3 Å². The molecule has 2 aliphatic heterocycles. The average Bonchev–Trinajstić information content (AvgIpc) is 4.00. The van der Waals surface area contributed by atoms with Gasteiger partial charge in [0.2, 0.25) is 0 Å². The number of rotatable bonds is 19. The largest absolute Gasteiger partial charge is 0.501 e. The zero-order valence-corrected chi connectivity index (χ0v) is 47.9. The van der Waals surface area contributed by atoms with E-state index in [0.29, 0.717) is 116 Å². The number of piperidine rings is 1. The van der Waals surface area contributed by atoms with Gasteiger partial charge in [-0.05, 0) is 136 Å². The maximum Gasteiger partial charge on any atom is 0.501 e. The van der Waals surface area contributed by atoms with Crippen molar-refractivity contribution in [1.29, 1.82) is 0 Å². The number of sulfonamides is 1. The minimum atomic E-state index is -6.12. The fraction of sp³-hybridized carbons (Fsp3) is 0.345. The molecule has 2 fully saturated rings. The van der Waals surface area contributed by atoms with Crippen LogP contribution in [0.1, 0.15) is 44.8 Å². The first-order chi connectivity index (χ1) is 37.7. The number of carboxylic acids is 1. The van der Waals surface area contributed by atoms with E-state index < -0.39 is 80.6 Å². The lowest BCUT2D eigenvalue weighted by atomic mass is 9.99. The first kappa shape index (κ1) is 59.8. The second-order valence-electron chi connectivity index (χ2n) is 19.8. The second-order valence-corrected chi connectivity index (χ2v) is 26.9. The van der Waals surface area contributed by atoms with Gasteiger partial charge in [-0.2, -0.15) is 13.2 Å². The van der Waals surface area contributed by atoms with E-state index in [1.165, 1.54) is 36.0 Å². The van der Waals surface area contributed by atoms with E-state index in [4.69, 9.17) is 21.4 Å². The minimum Gasteiger partial charge on any atom is -0.473 e. The van der Waals surface area contributed by atoms with Crippen LogP contribution in [0.3, 0.4) is 0 Å². The van der Waals surface area contributed by atoms with Gasteiger partial charge in [-0.1, -0.05) is 41.9 Å². The molecule has 0 amide bonds. The van der Waals surface area contributed by atoms with Crippen LogP contribution in [0.25, 0.3) is 22.4 Å².